The van der Waals surface area contributed by atoms with Crippen LogP contribution in [0.4, 0.5) is 0 Å². The molecule has 0 aromatic heterocycles. The fraction of sp³-hybridized carbons (Fsp3) is 0.879. The topological polar surface area (TPSA) is 522 Å². The largest absolute Gasteiger partial charge is 0.471 e. The molecule has 0 aliphatic carbocycles. The first-order valence-electron chi connectivity index (χ1n) is 36.2. The molecule has 2 saturated heterocycles. The lowest BCUT2D eigenvalue weighted by Crippen LogP contribution is -2.64. The van der Waals surface area contributed by atoms with Gasteiger partial charge in [-0.3, -0.25) is 47.4 Å². The number of carbonyl (C=O) groups excluding carboxylic acids is 8. The van der Waals surface area contributed by atoms with E-state index in [-0.39, 0.29) is 142 Å². The molecule has 14 atom stereocenters. The first kappa shape index (κ1) is 95.3. The Kier molecular flexibility index (Phi) is 54.2. The van der Waals surface area contributed by atoms with Crippen molar-refractivity contribution in [3.05, 3.63) is 0 Å². The van der Waals surface area contributed by atoms with Crippen molar-refractivity contribution in [2.24, 2.45) is 5.92 Å². The second kappa shape index (κ2) is 59.2. The number of phosphoric acid groups is 1. The van der Waals surface area contributed by atoms with Crippen molar-refractivity contribution >= 4 is 55.1 Å². The summed E-state index contributed by atoms with van der Waals surface area (Å²) >= 11 is 0. The molecule has 606 valence electrons. The van der Waals surface area contributed by atoms with Crippen molar-refractivity contribution in [3.63, 3.8) is 0 Å². The van der Waals surface area contributed by atoms with Crippen molar-refractivity contribution < 1.29 is 140 Å². The number of ether oxygens (including phenoxy) is 10. The first-order chi connectivity index (χ1) is 50.0. The van der Waals surface area contributed by atoms with Gasteiger partial charge < -0.3 is 131 Å². The van der Waals surface area contributed by atoms with Gasteiger partial charge in [-0.25, -0.2) is 4.57 Å². The molecule has 38 heteroatoms. The third-order valence-electron chi connectivity index (χ3n) is 16.5. The van der Waals surface area contributed by atoms with E-state index in [0.29, 0.717) is 77.4 Å². The number of phosphoric ester groups is 1. The molecule has 0 aromatic carbocycles. The van der Waals surface area contributed by atoms with E-state index in [4.69, 9.17) is 51.9 Å². The van der Waals surface area contributed by atoms with E-state index in [0.717, 1.165) is 58.5 Å². The van der Waals surface area contributed by atoms with E-state index in [1.54, 1.807) is 0 Å². The van der Waals surface area contributed by atoms with E-state index >= 15 is 0 Å². The molecule has 104 heavy (non-hydrogen) atoms. The first-order valence-corrected chi connectivity index (χ1v) is 37.7. The SMILES string of the molecule is COP(=O)(O)OCC(CO)CCCCNC(=O)CCCCCCCCCCCNC(=O)[C@H](CCCCNC(=O)COCCOCCOCCOC1OC(CO)C(O)C(O)C1NC(C)=O)NC(=O)[C@H](CCCCNC(C)=O)NC(=O)COCCOCCOCCOC1OC(CO)C(O)C(O)C1NC(C)=O. The van der Waals surface area contributed by atoms with Crippen LogP contribution in [0.1, 0.15) is 143 Å². The van der Waals surface area contributed by atoms with Crippen LogP contribution in [0.15, 0.2) is 0 Å². The third-order valence-corrected chi connectivity index (χ3v) is 17.4. The number of unbranched alkanes of at least 4 members (excludes halogenated alkanes) is 11. The minimum absolute atomic E-state index is 0.00423. The highest BCUT2D eigenvalue weighted by molar-refractivity contribution is 7.47. The van der Waals surface area contributed by atoms with Gasteiger partial charge in [-0.15, -0.1) is 0 Å². The Morgan fingerprint density at radius 1 is 0.433 bits per heavy atom. The van der Waals surface area contributed by atoms with Crippen LogP contribution in [-0.4, -0.2) is 313 Å². The van der Waals surface area contributed by atoms with E-state index in [2.05, 4.69) is 47.1 Å². The minimum atomic E-state index is -4.11. The summed E-state index contributed by atoms with van der Waals surface area (Å²) in [5.74, 6) is -3.54. The molecular formula is C66H123N8O29P. The van der Waals surface area contributed by atoms with Crippen molar-refractivity contribution in [2.75, 3.05) is 152 Å². The Morgan fingerprint density at radius 3 is 1.28 bits per heavy atom. The number of rotatable bonds is 64. The summed E-state index contributed by atoms with van der Waals surface area (Å²) < 4.78 is 76.1. The van der Waals surface area contributed by atoms with Gasteiger partial charge in [-0.05, 0) is 64.2 Å². The summed E-state index contributed by atoms with van der Waals surface area (Å²) in [5, 5.41) is 91.7. The second-order valence-corrected chi connectivity index (χ2v) is 26.8. The number of carbonyl (C=O) groups is 8. The van der Waals surface area contributed by atoms with Crippen LogP contribution < -0.4 is 42.5 Å². The van der Waals surface area contributed by atoms with Gasteiger partial charge in [0.1, 0.15) is 74.0 Å². The Bertz CT molecular complexity index is 2400. The van der Waals surface area contributed by atoms with Gasteiger partial charge in [0, 0.05) is 73.0 Å². The maximum atomic E-state index is 14.1. The molecule has 0 saturated carbocycles. The summed E-state index contributed by atoms with van der Waals surface area (Å²) in [7, 11) is -3.05. The predicted octanol–water partition coefficient (Wildman–Crippen LogP) is -2.76. The molecule has 37 nitrogen and oxygen atoms in total. The molecule has 2 aliphatic heterocycles. The lowest BCUT2D eigenvalue weighted by atomic mass is 9.97. The summed E-state index contributed by atoms with van der Waals surface area (Å²) in [6.07, 6.45) is 2.38. The van der Waals surface area contributed by atoms with Crippen molar-refractivity contribution in [3.8, 4) is 0 Å². The summed E-state index contributed by atoms with van der Waals surface area (Å²) in [6.45, 7) is 4.27. The smallest absolute Gasteiger partial charge is 0.396 e. The average molecular weight is 1520 g/mol. The van der Waals surface area contributed by atoms with Crippen LogP contribution in [0.3, 0.4) is 0 Å². The Morgan fingerprint density at radius 2 is 0.827 bits per heavy atom. The molecular weight excluding hydrogens is 1400 g/mol. The van der Waals surface area contributed by atoms with Gasteiger partial charge in [-0.1, -0.05) is 51.4 Å². The fourth-order valence-electron chi connectivity index (χ4n) is 10.8. The van der Waals surface area contributed by atoms with Gasteiger partial charge in [0.15, 0.2) is 12.6 Å². The highest BCUT2D eigenvalue weighted by Gasteiger charge is 2.47. The number of hydrogen-bond acceptors (Lipinski definition) is 28. The van der Waals surface area contributed by atoms with Gasteiger partial charge >= 0.3 is 7.82 Å². The molecule has 2 heterocycles. The number of amides is 8. The second-order valence-electron chi connectivity index (χ2n) is 25.2. The summed E-state index contributed by atoms with van der Waals surface area (Å²) in [6, 6.07) is -4.26. The van der Waals surface area contributed by atoms with Crippen LogP contribution in [0.5, 0.6) is 0 Å². The summed E-state index contributed by atoms with van der Waals surface area (Å²) in [4.78, 5) is 110. The Labute approximate surface area is 609 Å². The molecule has 2 aliphatic rings. The van der Waals surface area contributed by atoms with Crippen LogP contribution in [0, 0.1) is 5.92 Å². The highest BCUT2D eigenvalue weighted by Crippen LogP contribution is 2.42. The zero-order valence-electron chi connectivity index (χ0n) is 61.1. The van der Waals surface area contributed by atoms with Crippen LogP contribution in [0.2, 0.25) is 0 Å². The molecule has 2 fully saturated rings. The monoisotopic (exact) mass is 1520 g/mol. The van der Waals surface area contributed by atoms with Crippen LogP contribution in [-0.2, 0) is 99.3 Å². The number of aliphatic hydroxyl groups is 7. The van der Waals surface area contributed by atoms with Crippen molar-refractivity contribution in [1.29, 1.82) is 0 Å². The van der Waals surface area contributed by atoms with E-state index in [1.807, 2.05) is 0 Å². The number of nitrogens with one attached hydrogen (secondary N) is 8. The van der Waals surface area contributed by atoms with Crippen molar-refractivity contribution in [1.82, 2.24) is 42.5 Å². The van der Waals surface area contributed by atoms with Crippen molar-refractivity contribution in [2.45, 2.75) is 216 Å². The summed E-state index contributed by atoms with van der Waals surface area (Å²) in [5.41, 5.74) is 0. The van der Waals surface area contributed by atoms with E-state index in [1.165, 1.54) is 20.8 Å². The molecule has 0 radical (unpaired) electrons. The molecule has 8 amide bonds. The minimum Gasteiger partial charge on any atom is -0.396 e. The molecule has 0 bridgehead atoms. The molecule has 12 unspecified atom stereocenters. The number of hydrogen-bond donors (Lipinski definition) is 16. The van der Waals surface area contributed by atoms with Gasteiger partial charge in [0.05, 0.1) is 99.1 Å². The van der Waals surface area contributed by atoms with Crippen LogP contribution in [0.25, 0.3) is 0 Å². The fourth-order valence-corrected chi connectivity index (χ4v) is 11.3. The average Bonchev–Trinajstić information content (AvgIpc) is 0.815. The highest BCUT2D eigenvalue weighted by atomic mass is 31.2. The molecule has 0 spiro atoms. The standard InChI is InChI=1S/C66H123N8O29P/c1-46(78)67-24-18-14-22-51(73-56(83)45-98-35-33-94-29-31-96-37-39-100-66-58(72-48(3)80)62(87)60(85)53(42-77)103-66)64(89)74-50(63(88)70-27-16-11-9-7-5-6-8-10-12-23-54(81)68-25-17-13-20-49(40-75)43-101-104(90,91)92-4)21-15-19-26-69-55(82)44-97-34-32-93-28-30-95-36-38-99-65-57(71-47(2)79)61(86)59(84)52(41-76)102-65/h49-53,57-62,65-66,75-77,84-87H,5-45H2,1-4H3,(H,67,78)(H,68,81)(H,69,82)(H,70,88)(H,71,79)(H,72,80)(H,73,83)(H,74,89)(H,90,91)/t49?,50-,51-,52?,53?,57?,58?,59?,60?,61?,62?,65?,66?/m0/s1. The maximum Gasteiger partial charge on any atom is 0.471 e. The Hall–Kier alpha value is -4.81. The van der Waals surface area contributed by atoms with Gasteiger partial charge in [0.2, 0.25) is 47.3 Å². The van der Waals surface area contributed by atoms with Gasteiger partial charge in [0.25, 0.3) is 0 Å². The quantitative estimate of drug-likeness (QED) is 0.0217. The predicted molar refractivity (Wildman–Crippen MR) is 370 cm³/mol. The lowest BCUT2D eigenvalue weighted by molar-refractivity contribution is -0.272. The third kappa shape index (κ3) is 45.1. The van der Waals surface area contributed by atoms with Gasteiger partial charge in [-0.2, -0.15) is 0 Å². The molecule has 16 N–H and O–H groups in total. The lowest BCUT2D eigenvalue weighted by Gasteiger charge is -2.42. The zero-order chi connectivity index (χ0) is 76.8. The van der Waals surface area contributed by atoms with Crippen LogP contribution >= 0.6 is 7.82 Å². The molecule has 2 rings (SSSR count). The zero-order valence-corrected chi connectivity index (χ0v) is 62.0. The van der Waals surface area contributed by atoms with E-state index < -0.39 is 131 Å². The Balaban J connectivity index is 1.84. The maximum absolute atomic E-state index is 14.1. The molecule has 0 aromatic rings. The van der Waals surface area contributed by atoms with E-state index in [9.17, 15) is 83.6 Å². The number of aliphatic hydroxyl groups excluding tert-OH is 7. The normalized spacial score (nSPS) is 21.7.